The Hall–Kier alpha value is -2.77. The summed E-state index contributed by atoms with van der Waals surface area (Å²) in [6, 6.07) is 6.85. The molecule has 0 aliphatic carbocycles. The van der Waals surface area contributed by atoms with Crippen molar-refractivity contribution >= 4 is 17.8 Å². The fourth-order valence-corrected chi connectivity index (χ4v) is 2.71. The standard InChI is InChI=1S/C18H26N4O4/c1-19-16(23)4-3-9-20-18(25)22-12-10-21(11-13-22)17(24)14-5-7-15(26-2)8-6-14/h5-8H,3-4,9-13H2,1-2H3,(H,19,23)(H,20,25). The van der Waals surface area contributed by atoms with Crippen LogP contribution in [-0.4, -0.2) is 74.5 Å². The largest absolute Gasteiger partial charge is 0.497 e. The number of hydrogen-bond donors (Lipinski definition) is 2. The van der Waals surface area contributed by atoms with E-state index in [0.29, 0.717) is 56.9 Å². The Labute approximate surface area is 153 Å². The summed E-state index contributed by atoms with van der Waals surface area (Å²) in [4.78, 5) is 39.2. The molecule has 0 aromatic heterocycles. The van der Waals surface area contributed by atoms with E-state index in [1.165, 1.54) is 0 Å². The number of nitrogens with zero attached hydrogens (tertiary/aromatic N) is 2. The Kier molecular flexibility index (Phi) is 7.25. The zero-order valence-corrected chi connectivity index (χ0v) is 15.3. The Balaban J connectivity index is 1.74. The van der Waals surface area contributed by atoms with Crippen molar-refractivity contribution in [1.82, 2.24) is 20.4 Å². The minimum absolute atomic E-state index is 0.0371. The van der Waals surface area contributed by atoms with Gasteiger partial charge >= 0.3 is 6.03 Å². The molecule has 0 unspecified atom stereocenters. The number of urea groups is 1. The molecule has 1 aromatic rings. The molecule has 1 aliphatic heterocycles. The molecule has 1 fully saturated rings. The van der Waals surface area contributed by atoms with Crippen LogP contribution in [0.1, 0.15) is 23.2 Å². The first-order chi connectivity index (χ1) is 12.5. The highest BCUT2D eigenvalue weighted by molar-refractivity contribution is 5.94. The molecule has 0 radical (unpaired) electrons. The molecule has 0 bridgehead atoms. The SMILES string of the molecule is CNC(=O)CCCNC(=O)N1CCN(C(=O)c2ccc(OC)cc2)CC1. The quantitative estimate of drug-likeness (QED) is 0.729. The van der Waals surface area contributed by atoms with Gasteiger partial charge in [-0.15, -0.1) is 0 Å². The highest BCUT2D eigenvalue weighted by Gasteiger charge is 2.24. The summed E-state index contributed by atoms with van der Waals surface area (Å²) >= 11 is 0. The number of methoxy groups -OCH3 is 1. The summed E-state index contributed by atoms with van der Waals surface area (Å²) in [6.07, 6.45) is 0.988. The van der Waals surface area contributed by atoms with Gasteiger partial charge in [0.25, 0.3) is 5.91 Å². The van der Waals surface area contributed by atoms with Gasteiger partial charge in [-0.3, -0.25) is 9.59 Å². The molecular formula is C18H26N4O4. The molecule has 8 heteroatoms. The molecule has 1 saturated heterocycles. The lowest BCUT2D eigenvalue weighted by Crippen LogP contribution is -2.53. The molecule has 4 amide bonds. The lowest BCUT2D eigenvalue weighted by atomic mass is 10.1. The fraction of sp³-hybridized carbons (Fsp3) is 0.500. The minimum Gasteiger partial charge on any atom is -0.497 e. The third kappa shape index (κ3) is 5.37. The highest BCUT2D eigenvalue weighted by Crippen LogP contribution is 2.14. The molecule has 2 N–H and O–H groups in total. The number of carbonyl (C=O) groups is 3. The van der Waals surface area contributed by atoms with Gasteiger partial charge in [0.2, 0.25) is 5.91 Å². The van der Waals surface area contributed by atoms with Crippen molar-refractivity contribution in [1.29, 1.82) is 0 Å². The molecular weight excluding hydrogens is 336 g/mol. The van der Waals surface area contributed by atoms with Crippen molar-refractivity contribution in [2.75, 3.05) is 46.9 Å². The number of ether oxygens (including phenoxy) is 1. The van der Waals surface area contributed by atoms with E-state index in [1.807, 2.05) is 0 Å². The van der Waals surface area contributed by atoms with E-state index in [2.05, 4.69) is 10.6 Å². The number of rotatable bonds is 6. The van der Waals surface area contributed by atoms with E-state index >= 15 is 0 Å². The van der Waals surface area contributed by atoms with Gasteiger partial charge in [-0.1, -0.05) is 0 Å². The Morgan fingerprint density at radius 1 is 1.04 bits per heavy atom. The first kappa shape index (κ1) is 19.6. The van der Waals surface area contributed by atoms with Crippen molar-refractivity contribution < 1.29 is 19.1 Å². The van der Waals surface area contributed by atoms with Crippen molar-refractivity contribution in [3.63, 3.8) is 0 Å². The van der Waals surface area contributed by atoms with E-state index in [4.69, 9.17) is 4.74 Å². The molecule has 142 valence electrons. The van der Waals surface area contributed by atoms with E-state index in [9.17, 15) is 14.4 Å². The number of benzene rings is 1. The Morgan fingerprint density at radius 3 is 2.23 bits per heavy atom. The first-order valence-electron chi connectivity index (χ1n) is 8.72. The first-order valence-corrected chi connectivity index (χ1v) is 8.72. The van der Waals surface area contributed by atoms with Gasteiger partial charge in [0.15, 0.2) is 0 Å². The minimum atomic E-state index is -0.154. The van der Waals surface area contributed by atoms with Crippen LogP contribution in [0, 0.1) is 0 Å². The van der Waals surface area contributed by atoms with Crippen LogP contribution >= 0.6 is 0 Å². The molecule has 0 atom stereocenters. The zero-order valence-electron chi connectivity index (χ0n) is 15.3. The summed E-state index contributed by atoms with van der Waals surface area (Å²) in [5, 5.41) is 5.36. The van der Waals surface area contributed by atoms with Crippen molar-refractivity contribution in [3.05, 3.63) is 29.8 Å². The molecule has 8 nitrogen and oxygen atoms in total. The van der Waals surface area contributed by atoms with Gasteiger partial charge in [-0.05, 0) is 30.7 Å². The average Bonchev–Trinajstić information content (AvgIpc) is 2.70. The predicted molar refractivity (Wildman–Crippen MR) is 97.2 cm³/mol. The normalized spacial score (nSPS) is 13.9. The Morgan fingerprint density at radius 2 is 1.65 bits per heavy atom. The zero-order chi connectivity index (χ0) is 18.9. The van der Waals surface area contributed by atoms with Crippen LogP contribution in [-0.2, 0) is 4.79 Å². The van der Waals surface area contributed by atoms with E-state index in [1.54, 1.807) is 48.2 Å². The van der Waals surface area contributed by atoms with E-state index < -0.39 is 0 Å². The Bertz CT molecular complexity index is 625. The summed E-state index contributed by atoms with van der Waals surface area (Å²) in [7, 11) is 3.17. The second-order valence-electron chi connectivity index (χ2n) is 6.02. The number of piperazine rings is 1. The van der Waals surface area contributed by atoms with Gasteiger partial charge in [0.05, 0.1) is 7.11 Å². The van der Waals surface area contributed by atoms with Crippen LogP contribution in [0.25, 0.3) is 0 Å². The number of nitrogens with one attached hydrogen (secondary N) is 2. The van der Waals surface area contributed by atoms with Gasteiger partial charge in [0, 0.05) is 51.8 Å². The van der Waals surface area contributed by atoms with Crippen LogP contribution in [0.5, 0.6) is 5.75 Å². The number of carbonyl (C=O) groups excluding carboxylic acids is 3. The fourth-order valence-electron chi connectivity index (χ4n) is 2.71. The van der Waals surface area contributed by atoms with Crippen LogP contribution in [0.15, 0.2) is 24.3 Å². The average molecular weight is 362 g/mol. The molecule has 0 saturated carbocycles. The van der Waals surface area contributed by atoms with E-state index in [-0.39, 0.29) is 17.8 Å². The third-order valence-electron chi connectivity index (χ3n) is 4.33. The maximum absolute atomic E-state index is 12.5. The molecule has 2 rings (SSSR count). The molecule has 0 spiro atoms. The maximum atomic E-state index is 12.5. The topological polar surface area (TPSA) is 91.0 Å². The lowest BCUT2D eigenvalue weighted by molar-refractivity contribution is -0.120. The number of amides is 4. The van der Waals surface area contributed by atoms with E-state index in [0.717, 1.165) is 0 Å². The number of hydrogen-bond acceptors (Lipinski definition) is 4. The highest BCUT2D eigenvalue weighted by atomic mass is 16.5. The van der Waals surface area contributed by atoms with Crippen molar-refractivity contribution in [2.24, 2.45) is 0 Å². The second-order valence-corrected chi connectivity index (χ2v) is 6.02. The summed E-state index contributed by atoms with van der Waals surface area (Å²) < 4.78 is 5.10. The maximum Gasteiger partial charge on any atom is 0.317 e. The van der Waals surface area contributed by atoms with Crippen molar-refractivity contribution in [3.8, 4) is 5.75 Å². The van der Waals surface area contributed by atoms with Crippen LogP contribution in [0.4, 0.5) is 4.79 Å². The van der Waals surface area contributed by atoms with Gasteiger partial charge in [0.1, 0.15) is 5.75 Å². The third-order valence-corrected chi connectivity index (χ3v) is 4.33. The molecule has 1 aliphatic rings. The second kappa shape index (κ2) is 9.65. The van der Waals surface area contributed by atoms with Gasteiger partial charge < -0.3 is 25.2 Å². The smallest absolute Gasteiger partial charge is 0.317 e. The summed E-state index contributed by atoms with van der Waals surface area (Å²) in [6.45, 7) is 2.43. The molecule has 1 aromatic carbocycles. The summed E-state index contributed by atoms with van der Waals surface area (Å²) in [5.41, 5.74) is 0.609. The van der Waals surface area contributed by atoms with Crippen LogP contribution < -0.4 is 15.4 Å². The molecule has 26 heavy (non-hydrogen) atoms. The molecule has 1 heterocycles. The monoisotopic (exact) mass is 362 g/mol. The summed E-state index contributed by atoms with van der Waals surface area (Å²) in [5.74, 6) is 0.627. The van der Waals surface area contributed by atoms with Crippen LogP contribution in [0.2, 0.25) is 0 Å². The predicted octanol–water partition coefficient (Wildman–Crippen LogP) is 0.689. The van der Waals surface area contributed by atoms with Crippen LogP contribution in [0.3, 0.4) is 0 Å². The van der Waals surface area contributed by atoms with Gasteiger partial charge in [-0.2, -0.15) is 0 Å². The van der Waals surface area contributed by atoms with Crippen molar-refractivity contribution in [2.45, 2.75) is 12.8 Å². The van der Waals surface area contributed by atoms with Gasteiger partial charge in [-0.25, -0.2) is 4.79 Å². The lowest BCUT2D eigenvalue weighted by Gasteiger charge is -2.34.